The monoisotopic (exact) mass is 340 g/mol. The molecule has 0 atom stereocenters. The van der Waals surface area contributed by atoms with Crippen LogP contribution in [-0.4, -0.2) is 42.1 Å². The van der Waals surface area contributed by atoms with Crippen LogP contribution < -0.4 is 5.32 Å². The minimum atomic E-state index is -0.410. The number of hydrogen-bond donors (Lipinski definition) is 1. The van der Waals surface area contributed by atoms with Gasteiger partial charge in [0, 0.05) is 24.6 Å². The minimum Gasteiger partial charge on any atom is -0.459 e. The third-order valence-electron chi connectivity index (χ3n) is 4.42. The fraction of sp³-hybridized carbons (Fsp3) is 0.316. The standard InChI is InChI=1S/C19H20N2O4/c22-17(13-20-19(24)16-7-4-12-25-16)21-10-8-15(9-11-21)18(23)14-5-2-1-3-6-14/h1-7,12,15H,8-11,13H2,(H,20,24). The van der Waals surface area contributed by atoms with E-state index in [0.717, 1.165) is 5.56 Å². The van der Waals surface area contributed by atoms with Crippen LogP contribution in [0.15, 0.2) is 53.1 Å². The molecule has 0 radical (unpaired) electrons. The van der Waals surface area contributed by atoms with Crippen molar-refractivity contribution in [3.8, 4) is 0 Å². The van der Waals surface area contributed by atoms with E-state index in [1.54, 1.807) is 17.0 Å². The summed E-state index contributed by atoms with van der Waals surface area (Å²) in [5, 5.41) is 2.55. The van der Waals surface area contributed by atoms with E-state index in [4.69, 9.17) is 4.42 Å². The molecule has 1 fully saturated rings. The van der Waals surface area contributed by atoms with Crippen LogP contribution >= 0.6 is 0 Å². The van der Waals surface area contributed by atoms with Gasteiger partial charge in [-0.05, 0) is 25.0 Å². The normalized spacial score (nSPS) is 15.0. The molecule has 1 N–H and O–H groups in total. The van der Waals surface area contributed by atoms with Crippen molar-refractivity contribution in [2.24, 2.45) is 5.92 Å². The van der Waals surface area contributed by atoms with Gasteiger partial charge in [0.1, 0.15) is 0 Å². The molecule has 130 valence electrons. The Kier molecular flexibility index (Phi) is 5.28. The predicted molar refractivity (Wildman–Crippen MR) is 91.1 cm³/mol. The zero-order valence-electron chi connectivity index (χ0n) is 13.8. The van der Waals surface area contributed by atoms with Crippen molar-refractivity contribution in [3.05, 3.63) is 60.1 Å². The molecule has 1 aromatic carbocycles. The van der Waals surface area contributed by atoms with Gasteiger partial charge in [0.2, 0.25) is 5.91 Å². The van der Waals surface area contributed by atoms with Gasteiger partial charge in [-0.25, -0.2) is 0 Å². The van der Waals surface area contributed by atoms with Crippen molar-refractivity contribution in [2.75, 3.05) is 19.6 Å². The second-order valence-corrected chi connectivity index (χ2v) is 6.05. The number of nitrogens with zero attached hydrogens (tertiary/aromatic N) is 1. The molecule has 3 rings (SSSR count). The Morgan fingerprint density at radius 1 is 1.04 bits per heavy atom. The van der Waals surface area contributed by atoms with Gasteiger partial charge in [0.25, 0.3) is 5.91 Å². The second-order valence-electron chi connectivity index (χ2n) is 6.05. The molecule has 0 saturated carbocycles. The van der Waals surface area contributed by atoms with Gasteiger partial charge in [0.05, 0.1) is 12.8 Å². The molecule has 6 nitrogen and oxygen atoms in total. The summed E-state index contributed by atoms with van der Waals surface area (Å²) < 4.78 is 4.98. The summed E-state index contributed by atoms with van der Waals surface area (Å²) in [7, 11) is 0. The topological polar surface area (TPSA) is 79.6 Å². The fourth-order valence-electron chi connectivity index (χ4n) is 2.99. The number of piperidine rings is 1. The number of benzene rings is 1. The highest BCUT2D eigenvalue weighted by Crippen LogP contribution is 2.21. The van der Waals surface area contributed by atoms with Gasteiger partial charge >= 0.3 is 0 Å². The van der Waals surface area contributed by atoms with Crippen LogP contribution in [0.1, 0.15) is 33.8 Å². The van der Waals surface area contributed by atoms with E-state index in [-0.39, 0.29) is 29.9 Å². The Bertz CT molecular complexity index is 732. The second kappa shape index (κ2) is 7.79. The first-order valence-electron chi connectivity index (χ1n) is 8.34. The SMILES string of the molecule is O=C(NCC(=O)N1CCC(C(=O)c2ccccc2)CC1)c1ccco1. The van der Waals surface area contributed by atoms with E-state index in [1.807, 2.05) is 30.3 Å². The van der Waals surface area contributed by atoms with Crippen molar-refractivity contribution >= 4 is 17.6 Å². The molecule has 6 heteroatoms. The van der Waals surface area contributed by atoms with E-state index in [9.17, 15) is 14.4 Å². The van der Waals surface area contributed by atoms with E-state index in [2.05, 4.69) is 5.32 Å². The maximum absolute atomic E-state index is 12.5. The lowest BCUT2D eigenvalue weighted by atomic mass is 9.89. The van der Waals surface area contributed by atoms with E-state index >= 15 is 0 Å². The lowest BCUT2D eigenvalue weighted by Gasteiger charge is -2.31. The van der Waals surface area contributed by atoms with Gasteiger partial charge in [-0.15, -0.1) is 0 Å². The Balaban J connectivity index is 1.46. The van der Waals surface area contributed by atoms with Gasteiger partial charge in [0.15, 0.2) is 11.5 Å². The number of hydrogen-bond acceptors (Lipinski definition) is 4. The van der Waals surface area contributed by atoms with Crippen LogP contribution in [0.3, 0.4) is 0 Å². The number of nitrogens with one attached hydrogen (secondary N) is 1. The molecular weight excluding hydrogens is 320 g/mol. The van der Waals surface area contributed by atoms with E-state index < -0.39 is 5.91 Å². The third kappa shape index (κ3) is 4.15. The first-order chi connectivity index (χ1) is 12.1. The lowest BCUT2D eigenvalue weighted by molar-refractivity contribution is -0.131. The van der Waals surface area contributed by atoms with Crippen LogP contribution in [-0.2, 0) is 4.79 Å². The van der Waals surface area contributed by atoms with Gasteiger partial charge in [-0.1, -0.05) is 30.3 Å². The molecular formula is C19H20N2O4. The number of ketones is 1. The summed E-state index contributed by atoms with van der Waals surface area (Å²) >= 11 is 0. The molecule has 2 heterocycles. The molecule has 0 bridgehead atoms. The van der Waals surface area contributed by atoms with Crippen LogP contribution in [0.5, 0.6) is 0 Å². The maximum atomic E-state index is 12.5. The van der Waals surface area contributed by atoms with Gasteiger partial charge < -0.3 is 14.6 Å². The Morgan fingerprint density at radius 3 is 2.40 bits per heavy atom. The quantitative estimate of drug-likeness (QED) is 0.846. The van der Waals surface area contributed by atoms with E-state index in [0.29, 0.717) is 25.9 Å². The molecule has 1 aliphatic rings. The van der Waals surface area contributed by atoms with E-state index in [1.165, 1.54) is 6.26 Å². The molecule has 0 unspecified atom stereocenters. The molecule has 0 aliphatic carbocycles. The molecule has 1 aromatic heterocycles. The van der Waals surface area contributed by atoms with Crippen LogP contribution in [0, 0.1) is 5.92 Å². The number of likely N-dealkylation sites (tertiary alicyclic amines) is 1. The van der Waals surface area contributed by atoms with Crippen molar-refractivity contribution in [1.82, 2.24) is 10.2 Å². The summed E-state index contributed by atoms with van der Waals surface area (Å²) in [5.74, 6) is -0.291. The summed E-state index contributed by atoms with van der Waals surface area (Å²) in [6.45, 7) is 0.980. The molecule has 1 aliphatic heterocycles. The summed E-state index contributed by atoms with van der Waals surface area (Å²) in [6, 6.07) is 12.4. The first-order valence-corrected chi connectivity index (χ1v) is 8.34. The number of amides is 2. The first kappa shape index (κ1) is 17.0. The smallest absolute Gasteiger partial charge is 0.287 e. The largest absolute Gasteiger partial charge is 0.459 e. The molecule has 2 aromatic rings. The van der Waals surface area contributed by atoms with Crippen molar-refractivity contribution in [2.45, 2.75) is 12.8 Å². The number of furan rings is 1. The average Bonchev–Trinajstić information content (AvgIpc) is 3.21. The van der Waals surface area contributed by atoms with Crippen molar-refractivity contribution in [1.29, 1.82) is 0 Å². The highest BCUT2D eigenvalue weighted by Gasteiger charge is 2.28. The molecule has 2 amide bonds. The highest BCUT2D eigenvalue weighted by molar-refractivity contribution is 5.98. The Morgan fingerprint density at radius 2 is 1.76 bits per heavy atom. The fourth-order valence-corrected chi connectivity index (χ4v) is 2.99. The Hall–Kier alpha value is -2.89. The highest BCUT2D eigenvalue weighted by atomic mass is 16.3. The Labute approximate surface area is 145 Å². The summed E-state index contributed by atoms with van der Waals surface area (Å²) in [4.78, 5) is 38.1. The minimum absolute atomic E-state index is 0.0517. The van der Waals surface area contributed by atoms with Gasteiger partial charge in [-0.2, -0.15) is 0 Å². The van der Waals surface area contributed by atoms with Crippen LogP contribution in [0.25, 0.3) is 0 Å². The third-order valence-corrected chi connectivity index (χ3v) is 4.42. The van der Waals surface area contributed by atoms with Gasteiger partial charge in [-0.3, -0.25) is 14.4 Å². The average molecular weight is 340 g/mol. The molecule has 1 saturated heterocycles. The summed E-state index contributed by atoms with van der Waals surface area (Å²) in [5.41, 5.74) is 0.720. The maximum Gasteiger partial charge on any atom is 0.287 e. The lowest BCUT2D eigenvalue weighted by Crippen LogP contribution is -2.45. The number of carbonyl (C=O) groups is 3. The number of carbonyl (C=O) groups excluding carboxylic acids is 3. The zero-order valence-corrected chi connectivity index (χ0v) is 13.8. The van der Waals surface area contributed by atoms with Crippen LogP contribution in [0.4, 0.5) is 0 Å². The predicted octanol–water partition coefficient (Wildman–Crippen LogP) is 2.13. The summed E-state index contributed by atoms with van der Waals surface area (Å²) in [6.07, 6.45) is 2.70. The van der Waals surface area contributed by atoms with Crippen molar-refractivity contribution < 1.29 is 18.8 Å². The molecule has 0 spiro atoms. The van der Waals surface area contributed by atoms with Crippen molar-refractivity contribution in [3.63, 3.8) is 0 Å². The number of rotatable bonds is 5. The van der Waals surface area contributed by atoms with Crippen LogP contribution in [0.2, 0.25) is 0 Å². The number of Topliss-reactive ketones (excluding diaryl/α,β-unsaturated/α-hetero) is 1. The zero-order chi connectivity index (χ0) is 17.6. The molecule has 25 heavy (non-hydrogen) atoms.